The second-order valence-corrected chi connectivity index (χ2v) is 6.38. The quantitative estimate of drug-likeness (QED) is 0.599. The molecule has 28 heavy (non-hydrogen) atoms. The Kier molecular flexibility index (Phi) is 6.29. The zero-order valence-corrected chi connectivity index (χ0v) is 15.5. The van der Waals surface area contributed by atoms with Crippen LogP contribution in [0.4, 0.5) is 0 Å². The summed E-state index contributed by atoms with van der Waals surface area (Å²) in [5.41, 5.74) is 2.09. The fraction of sp³-hybridized carbons (Fsp3) is 0.174. The SMILES string of the molecule is CC(O)c1c(C(=O)O)ccc(OCc2ccccc2)c1OCc1ccccc1. The molecule has 3 aromatic rings. The Hall–Kier alpha value is -3.31. The van der Waals surface area contributed by atoms with Crippen molar-refractivity contribution in [1.82, 2.24) is 0 Å². The van der Waals surface area contributed by atoms with Crippen molar-refractivity contribution in [2.75, 3.05) is 0 Å². The number of carboxylic acids is 1. The number of aliphatic hydroxyl groups excluding tert-OH is 1. The number of ether oxygens (including phenoxy) is 2. The van der Waals surface area contributed by atoms with Gasteiger partial charge in [-0.3, -0.25) is 0 Å². The van der Waals surface area contributed by atoms with E-state index in [1.54, 1.807) is 6.07 Å². The Bertz CT molecular complexity index is 920. The highest BCUT2D eigenvalue weighted by Crippen LogP contribution is 2.38. The summed E-state index contributed by atoms with van der Waals surface area (Å²) < 4.78 is 11.9. The Morgan fingerprint density at radius 1 is 0.857 bits per heavy atom. The molecule has 1 atom stereocenters. The molecule has 0 spiro atoms. The first-order valence-electron chi connectivity index (χ1n) is 8.98. The summed E-state index contributed by atoms with van der Waals surface area (Å²) in [6, 6.07) is 22.1. The fourth-order valence-corrected chi connectivity index (χ4v) is 2.91. The molecule has 0 saturated carbocycles. The van der Waals surface area contributed by atoms with E-state index < -0.39 is 12.1 Å². The van der Waals surface area contributed by atoms with Gasteiger partial charge in [-0.2, -0.15) is 0 Å². The number of hydrogen-bond donors (Lipinski definition) is 2. The number of aromatic carboxylic acids is 1. The van der Waals surface area contributed by atoms with Crippen molar-refractivity contribution in [3.63, 3.8) is 0 Å². The first kappa shape index (κ1) is 19.5. The Balaban J connectivity index is 1.94. The average molecular weight is 378 g/mol. The smallest absolute Gasteiger partial charge is 0.336 e. The lowest BCUT2D eigenvalue weighted by Gasteiger charge is -2.20. The summed E-state index contributed by atoms with van der Waals surface area (Å²) in [5, 5.41) is 19.8. The molecule has 0 aliphatic rings. The van der Waals surface area contributed by atoms with E-state index in [0.717, 1.165) is 11.1 Å². The van der Waals surface area contributed by atoms with Crippen LogP contribution in [0, 0.1) is 0 Å². The van der Waals surface area contributed by atoms with Crippen LogP contribution >= 0.6 is 0 Å². The van der Waals surface area contributed by atoms with Crippen molar-refractivity contribution in [2.45, 2.75) is 26.2 Å². The fourth-order valence-electron chi connectivity index (χ4n) is 2.91. The van der Waals surface area contributed by atoms with E-state index in [-0.39, 0.29) is 23.5 Å². The molecular weight excluding hydrogens is 356 g/mol. The van der Waals surface area contributed by atoms with Crippen LogP contribution in [0.3, 0.4) is 0 Å². The van der Waals surface area contributed by atoms with Crippen molar-refractivity contribution in [1.29, 1.82) is 0 Å². The monoisotopic (exact) mass is 378 g/mol. The highest BCUT2D eigenvalue weighted by Gasteiger charge is 2.23. The summed E-state index contributed by atoms with van der Waals surface area (Å²) in [7, 11) is 0. The lowest BCUT2D eigenvalue weighted by atomic mass is 10.0. The van der Waals surface area contributed by atoms with Gasteiger partial charge in [0, 0.05) is 5.56 Å². The van der Waals surface area contributed by atoms with Crippen LogP contribution in [0.5, 0.6) is 11.5 Å². The van der Waals surface area contributed by atoms with Crippen LogP contribution in [0.2, 0.25) is 0 Å². The van der Waals surface area contributed by atoms with E-state index in [4.69, 9.17) is 9.47 Å². The molecular formula is C23H22O5. The van der Waals surface area contributed by atoms with E-state index >= 15 is 0 Å². The minimum atomic E-state index is -1.13. The third-order valence-corrected chi connectivity index (χ3v) is 4.27. The predicted molar refractivity (Wildman–Crippen MR) is 106 cm³/mol. The van der Waals surface area contributed by atoms with Gasteiger partial charge in [0.15, 0.2) is 11.5 Å². The molecule has 3 aromatic carbocycles. The van der Waals surface area contributed by atoms with Gasteiger partial charge in [-0.05, 0) is 30.2 Å². The van der Waals surface area contributed by atoms with E-state index in [1.807, 2.05) is 60.7 Å². The molecule has 0 heterocycles. The third kappa shape index (κ3) is 4.69. The molecule has 0 aliphatic heterocycles. The highest BCUT2D eigenvalue weighted by atomic mass is 16.5. The second kappa shape index (κ2) is 9.06. The van der Waals surface area contributed by atoms with Crippen LogP contribution in [0.25, 0.3) is 0 Å². The van der Waals surface area contributed by atoms with Crippen LogP contribution in [-0.4, -0.2) is 16.2 Å². The van der Waals surface area contributed by atoms with Crippen molar-refractivity contribution in [3.8, 4) is 11.5 Å². The molecule has 5 heteroatoms. The van der Waals surface area contributed by atoms with Crippen LogP contribution < -0.4 is 9.47 Å². The zero-order chi connectivity index (χ0) is 19.9. The minimum absolute atomic E-state index is 0.00915. The minimum Gasteiger partial charge on any atom is -0.485 e. The molecule has 2 N–H and O–H groups in total. The van der Waals surface area contributed by atoms with Gasteiger partial charge in [0.2, 0.25) is 0 Å². The molecule has 0 amide bonds. The first-order chi connectivity index (χ1) is 13.6. The maximum Gasteiger partial charge on any atom is 0.336 e. The lowest BCUT2D eigenvalue weighted by molar-refractivity contribution is 0.0688. The van der Waals surface area contributed by atoms with E-state index in [0.29, 0.717) is 12.4 Å². The molecule has 5 nitrogen and oxygen atoms in total. The molecule has 3 rings (SSSR count). The van der Waals surface area contributed by atoms with Crippen molar-refractivity contribution in [3.05, 3.63) is 95.1 Å². The van der Waals surface area contributed by atoms with Gasteiger partial charge in [-0.25, -0.2) is 4.79 Å². The molecule has 0 saturated heterocycles. The van der Waals surface area contributed by atoms with Gasteiger partial charge in [-0.15, -0.1) is 0 Å². The maximum atomic E-state index is 11.6. The molecule has 1 unspecified atom stereocenters. The van der Waals surface area contributed by atoms with Gasteiger partial charge >= 0.3 is 5.97 Å². The summed E-state index contributed by atoms with van der Waals surface area (Å²) >= 11 is 0. The number of rotatable bonds is 8. The van der Waals surface area contributed by atoms with Gasteiger partial charge in [0.25, 0.3) is 0 Å². The molecule has 0 fully saturated rings. The summed E-state index contributed by atoms with van der Waals surface area (Å²) in [6.45, 7) is 2.04. The number of carbonyl (C=O) groups is 1. The second-order valence-electron chi connectivity index (χ2n) is 6.38. The largest absolute Gasteiger partial charge is 0.485 e. The normalized spacial score (nSPS) is 11.6. The van der Waals surface area contributed by atoms with Gasteiger partial charge < -0.3 is 19.7 Å². The topological polar surface area (TPSA) is 76.0 Å². The number of aliphatic hydroxyl groups is 1. The summed E-state index contributed by atoms with van der Waals surface area (Å²) in [5.74, 6) is -0.495. The summed E-state index contributed by atoms with van der Waals surface area (Å²) in [6.07, 6.45) is -1.03. The van der Waals surface area contributed by atoms with Crippen LogP contribution in [0.15, 0.2) is 72.8 Å². The van der Waals surface area contributed by atoms with Crippen molar-refractivity contribution >= 4 is 5.97 Å². The third-order valence-electron chi connectivity index (χ3n) is 4.27. The van der Waals surface area contributed by atoms with E-state index in [2.05, 4.69) is 0 Å². The van der Waals surface area contributed by atoms with Gasteiger partial charge in [0.05, 0.1) is 11.7 Å². The number of carboxylic acid groups (broad SMARTS) is 1. The first-order valence-corrected chi connectivity index (χ1v) is 8.98. The number of benzene rings is 3. The van der Waals surface area contributed by atoms with Crippen molar-refractivity contribution < 1.29 is 24.5 Å². The lowest BCUT2D eigenvalue weighted by Crippen LogP contribution is -2.10. The Morgan fingerprint density at radius 3 is 1.89 bits per heavy atom. The van der Waals surface area contributed by atoms with Gasteiger partial charge in [0.1, 0.15) is 13.2 Å². The van der Waals surface area contributed by atoms with Crippen molar-refractivity contribution in [2.24, 2.45) is 0 Å². The molecule has 0 bridgehead atoms. The maximum absolute atomic E-state index is 11.6. The predicted octanol–water partition coefficient (Wildman–Crippen LogP) is 4.60. The molecule has 0 radical (unpaired) electrons. The van der Waals surface area contributed by atoms with Crippen LogP contribution in [0.1, 0.15) is 40.1 Å². The zero-order valence-electron chi connectivity index (χ0n) is 15.5. The Labute approximate surface area is 163 Å². The highest BCUT2D eigenvalue weighted by molar-refractivity contribution is 5.91. The Morgan fingerprint density at radius 2 is 1.39 bits per heavy atom. The summed E-state index contributed by atoms with van der Waals surface area (Å²) in [4.78, 5) is 11.6. The molecule has 0 aromatic heterocycles. The molecule has 144 valence electrons. The number of hydrogen-bond acceptors (Lipinski definition) is 4. The molecule has 0 aliphatic carbocycles. The standard InChI is InChI=1S/C23H22O5/c1-16(24)21-19(23(25)26)12-13-20(27-14-17-8-4-2-5-9-17)22(21)28-15-18-10-6-3-7-11-18/h2-13,16,24H,14-15H2,1H3,(H,25,26). The van der Waals surface area contributed by atoms with E-state index in [9.17, 15) is 15.0 Å². The van der Waals surface area contributed by atoms with E-state index in [1.165, 1.54) is 13.0 Å². The van der Waals surface area contributed by atoms with Crippen LogP contribution in [-0.2, 0) is 13.2 Å². The van der Waals surface area contributed by atoms with Gasteiger partial charge in [-0.1, -0.05) is 60.7 Å². The average Bonchev–Trinajstić information content (AvgIpc) is 2.71.